The SMILES string of the molecule is CC(C)(C)OC(=O)Oc1cc(N=Cc2ccccc2)c(C[C@H](O)CO)c2ccccc12. The highest BCUT2D eigenvalue weighted by Crippen LogP contribution is 2.37. The third kappa shape index (κ3) is 6.13. The second-order valence-electron chi connectivity index (χ2n) is 8.19. The van der Waals surface area contributed by atoms with Crippen LogP contribution in [0.25, 0.3) is 10.8 Å². The lowest BCUT2D eigenvalue weighted by Crippen LogP contribution is -2.26. The van der Waals surface area contributed by atoms with E-state index >= 15 is 0 Å². The summed E-state index contributed by atoms with van der Waals surface area (Å²) in [6, 6.07) is 18.6. The molecule has 6 heteroatoms. The van der Waals surface area contributed by atoms with Crippen molar-refractivity contribution in [3.05, 3.63) is 71.8 Å². The average molecular weight is 421 g/mol. The first kappa shape index (κ1) is 22.5. The molecule has 0 saturated carbocycles. The van der Waals surface area contributed by atoms with Crippen LogP contribution in [0.5, 0.6) is 5.75 Å². The fourth-order valence-electron chi connectivity index (χ4n) is 3.15. The van der Waals surface area contributed by atoms with Crippen LogP contribution in [0.1, 0.15) is 31.9 Å². The van der Waals surface area contributed by atoms with Crippen LogP contribution < -0.4 is 4.74 Å². The number of fused-ring (bicyclic) bond motifs is 1. The van der Waals surface area contributed by atoms with Crippen molar-refractivity contribution in [3.8, 4) is 5.75 Å². The van der Waals surface area contributed by atoms with Crippen LogP contribution in [0.2, 0.25) is 0 Å². The van der Waals surface area contributed by atoms with Crippen molar-refractivity contribution in [2.45, 2.75) is 38.9 Å². The van der Waals surface area contributed by atoms with Crippen molar-refractivity contribution in [1.82, 2.24) is 0 Å². The van der Waals surface area contributed by atoms with Gasteiger partial charge in [0.1, 0.15) is 11.4 Å². The first-order valence-electron chi connectivity index (χ1n) is 10.1. The zero-order chi connectivity index (χ0) is 22.4. The molecule has 6 nitrogen and oxygen atoms in total. The molecule has 0 fully saturated rings. The van der Waals surface area contributed by atoms with E-state index in [2.05, 4.69) is 4.99 Å². The van der Waals surface area contributed by atoms with Gasteiger partial charge in [-0.05, 0) is 37.3 Å². The molecule has 0 unspecified atom stereocenters. The van der Waals surface area contributed by atoms with E-state index in [0.29, 0.717) is 16.8 Å². The van der Waals surface area contributed by atoms with Crippen LogP contribution in [0.3, 0.4) is 0 Å². The molecule has 3 aromatic carbocycles. The van der Waals surface area contributed by atoms with E-state index in [0.717, 1.165) is 16.5 Å². The molecule has 2 N–H and O–H groups in total. The van der Waals surface area contributed by atoms with Gasteiger partial charge in [-0.3, -0.25) is 4.99 Å². The van der Waals surface area contributed by atoms with Crippen LogP contribution in [0.15, 0.2) is 65.7 Å². The third-order valence-electron chi connectivity index (χ3n) is 4.48. The molecule has 31 heavy (non-hydrogen) atoms. The van der Waals surface area contributed by atoms with E-state index < -0.39 is 17.9 Å². The Hall–Kier alpha value is -3.22. The van der Waals surface area contributed by atoms with Crippen molar-refractivity contribution in [2.75, 3.05) is 6.61 Å². The monoisotopic (exact) mass is 421 g/mol. The average Bonchev–Trinajstić information content (AvgIpc) is 2.73. The minimum atomic E-state index is -0.938. The highest BCUT2D eigenvalue weighted by atomic mass is 16.7. The Morgan fingerprint density at radius 3 is 2.35 bits per heavy atom. The number of ether oxygens (including phenoxy) is 2. The number of aliphatic imine (C=N–C) groups is 1. The van der Waals surface area contributed by atoms with Gasteiger partial charge in [-0.15, -0.1) is 0 Å². The zero-order valence-electron chi connectivity index (χ0n) is 17.9. The Bertz CT molecular complexity index is 1070. The van der Waals surface area contributed by atoms with Gasteiger partial charge in [0, 0.05) is 24.1 Å². The lowest BCUT2D eigenvalue weighted by Gasteiger charge is -2.20. The molecule has 0 aromatic heterocycles. The number of carbonyl (C=O) groups excluding carboxylic acids is 1. The Balaban J connectivity index is 2.10. The van der Waals surface area contributed by atoms with E-state index in [-0.39, 0.29) is 13.0 Å². The van der Waals surface area contributed by atoms with Crippen molar-refractivity contribution >= 4 is 28.8 Å². The molecular weight excluding hydrogens is 394 g/mol. The number of hydrogen-bond acceptors (Lipinski definition) is 6. The minimum Gasteiger partial charge on any atom is -0.428 e. The quantitative estimate of drug-likeness (QED) is 0.339. The summed E-state index contributed by atoms with van der Waals surface area (Å²) in [5, 5.41) is 21.0. The standard InChI is InChI=1S/C25H27NO5/c1-25(2,3)31-24(29)30-23-14-22(26-15-17-9-5-4-6-10-17)21(13-18(28)16-27)19-11-7-8-12-20(19)23/h4-12,14-15,18,27-28H,13,16H2,1-3H3/t18-/m0/s1. The zero-order valence-corrected chi connectivity index (χ0v) is 17.9. The molecule has 0 heterocycles. The molecule has 0 saturated heterocycles. The van der Waals surface area contributed by atoms with Gasteiger partial charge in [-0.2, -0.15) is 0 Å². The fraction of sp³-hybridized carbons (Fsp3) is 0.280. The van der Waals surface area contributed by atoms with Crippen molar-refractivity contribution in [2.24, 2.45) is 4.99 Å². The highest BCUT2D eigenvalue weighted by Gasteiger charge is 2.21. The van der Waals surface area contributed by atoms with Crippen LogP contribution >= 0.6 is 0 Å². The smallest absolute Gasteiger partial charge is 0.428 e. The molecule has 0 bridgehead atoms. The topological polar surface area (TPSA) is 88.4 Å². The van der Waals surface area contributed by atoms with E-state index in [1.54, 1.807) is 33.1 Å². The summed E-state index contributed by atoms with van der Waals surface area (Å²) in [6.45, 7) is 4.93. The predicted molar refractivity (Wildman–Crippen MR) is 121 cm³/mol. The Labute approximate surface area is 181 Å². The number of aliphatic hydroxyl groups excluding tert-OH is 2. The van der Waals surface area contributed by atoms with Crippen molar-refractivity contribution < 1.29 is 24.5 Å². The molecule has 3 rings (SSSR count). The summed E-state index contributed by atoms with van der Waals surface area (Å²) in [7, 11) is 0. The first-order chi connectivity index (χ1) is 14.8. The fourth-order valence-corrected chi connectivity index (χ4v) is 3.15. The van der Waals surface area contributed by atoms with E-state index in [4.69, 9.17) is 9.47 Å². The molecule has 0 spiro atoms. The second kappa shape index (κ2) is 9.73. The predicted octanol–water partition coefficient (Wildman–Crippen LogP) is 4.80. The van der Waals surface area contributed by atoms with Gasteiger partial charge in [0.2, 0.25) is 0 Å². The number of hydrogen-bond donors (Lipinski definition) is 2. The maximum absolute atomic E-state index is 12.3. The van der Waals surface area contributed by atoms with Crippen molar-refractivity contribution in [3.63, 3.8) is 0 Å². The molecule has 3 aromatic rings. The van der Waals surface area contributed by atoms with Gasteiger partial charge in [-0.25, -0.2) is 4.79 Å². The summed E-state index contributed by atoms with van der Waals surface area (Å²) < 4.78 is 10.8. The lowest BCUT2D eigenvalue weighted by atomic mass is 9.97. The Morgan fingerprint density at radius 2 is 1.71 bits per heavy atom. The summed E-state index contributed by atoms with van der Waals surface area (Å²) in [4.78, 5) is 16.9. The van der Waals surface area contributed by atoms with Crippen LogP contribution in [-0.2, 0) is 11.2 Å². The number of nitrogens with zero attached hydrogens (tertiary/aromatic N) is 1. The third-order valence-corrected chi connectivity index (χ3v) is 4.48. The number of benzene rings is 3. The molecule has 0 aliphatic carbocycles. The largest absolute Gasteiger partial charge is 0.514 e. The maximum Gasteiger partial charge on any atom is 0.514 e. The molecule has 0 aliphatic rings. The van der Waals surface area contributed by atoms with E-state index in [1.165, 1.54) is 0 Å². The van der Waals surface area contributed by atoms with Crippen LogP contribution in [0, 0.1) is 0 Å². The molecule has 1 atom stereocenters. The van der Waals surface area contributed by atoms with Gasteiger partial charge < -0.3 is 19.7 Å². The van der Waals surface area contributed by atoms with Crippen LogP contribution in [-0.4, -0.2) is 40.9 Å². The summed E-state index contributed by atoms with van der Waals surface area (Å²) >= 11 is 0. The Morgan fingerprint density at radius 1 is 1.06 bits per heavy atom. The number of rotatable bonds is 6. The van der Waals surface area contributed by atoms with Crippen LogP contribution in [0.4, 0.5) is 10.5 Å². The molecule has 0 radical (unpaired) electrons. The Kier molecular flexibility index (Phi) is 7.05. The van der Waals surface area contributed by atoms with Crippen molar-refractivity contribution in [1.29, 1.82) is 0 Å². The second-order valence-corrected chi connectivity index (χ2v) is 8.19. The summed E-state index contributed by atoms with van der Waals surface area (Å²) in [5.41, 5.74) is 1.50. The van der Waals surface area contributed by atoms with Gasteiger partial charge in [-0.1, -0.05) is 54.6 Å². The van der Waals surface area contributed by atoms with Gasteiger partial charge in [0.05, 0.1) is 18.4 Å². The van der Waals surface area contributed by atoms with E-state index in [1.807, 2.05) is 54.6 Å². The lowest BCUT2D eigenvalue weighted by molar-refractivity contribution is 0.0209. The summed E-state index contributed by atoms with van der Waals surface area (Å²) in [6.07, 6.45) is 0.159. The van der Waals surface area contributed by atoms with E-state index in [9.17, 15) is 15.0 Å². The molecular formula is C25H27NO5. The van der Waals surface area contributed by atoms with Gasteiger partial charge in [0.15, 0.2) is 0 Å². The first-order valence-corrected chi connectivity index (χ1v) is 10.1. The minimum absolute atomic E-state index is 0.200. The molecule has 0 amide bonds. The molecule has 0 aliphatic heterocycles. The van der Waals surface area contributed by atoms with Gasteiger partial charge in [0.25, 0.3) is 0 Å². The maximum atomic E-state index is 12.3. The number of carbonyl (C=O) groups is 1. The van der Waals surface area contributed by atoms with Gasteiger partial charge >= 0.3 is 6.16 Å². The highest BCUT2D eigenvalue weighted by molar-refractivity contribution is 5.97. The number of aliphatic hydroxyl groups is 2. The molecule has 162 valence electrons. The normalized spacial score (nSPS) is 12.8. The summed E-state index contributed by atoms with van der Waals surface area (Å²) in [5.74, 6) is 0.312.